The Morgan fingerprint density at radius 3 is 2.06 bits per heavy atom. The van der Waals surface area contributed by atoms with E-state index in [4.69, 9.17) is 9.84 Å². The van der Waals surface area contributed by atoms with Gasteiger partial charge in [-0.1, -0.05) is 32.4 Å². The van der Waals surface area contributed by atoms with E-state index in [-0.39, 0.29) is 5.97 Å². The molecule has 0 atom stereocenters. The second-order valence-corrected chi connectivity index (χ2v) is 3.78. The molecule has 4 nitrogen and oxygen atoms in total. The summed E-state index contributed by atoms with van der Waals surface area (Å²) in [6, 6.07) is 0. The van der Waals surface area contributed by atoms with Crippen molar-refractivity contribution in [3.05, 3.63) is 25.7 Å². The smallest absolute Gasteiger partial charge is 0.302 e. The number of aliphatic hydroxyl groups is 1. The molecule has 1 N–H and O–H groups in total. The van der Waals surface area contributed by atoms with Gasteiger partial charge in [-0.2, -0.15) is 0 Å². The van der Waals surface area contributed by atoms with Crippen molar-refractivity contribution in [3.8, 4) is 0 Å². The topological polar surface area (TPSA) is 55.8 Å². The molecule has 0 heterocycles. The molecule has 0 bridgehead atoms. The van der Waals surface area contributed by atoms with Crippen molar-refractivity contribution in [3.63, 3.8) is 0 Å². The first-order chi connectivity index (χ1) is 8.70. The molecule has 0 amide bonds. The maximum absolute atomic E-state index is 10.5. The molecule has 4 heteroatoms. The second kappa shape index (κ2) is 15.7. The van der Waals surface area contributed by atoms with Gasteiger partial charge in [-0.05, 0) is 18.8 Å². The van der Waals surface area contributed by atoms with Gasteiger partial charge in [0.05, 0.1) is 19.1 Å². The van der Waals surface area contributed by atoms with Gasteiger partial charge in [-0.3, -0.25) is 4.79 Å². The van der Waals surface area contributed by atoms with Gasteiger partial charge >= 0.3 is 5.97 Å². The predicted octanol–water partition coefficient (Wildman–Crippen LogP) is 3.03. The molecule has 1 fully saturated rings. The van der Waals surface area contributed by atoms with Crippen LogP contribution >= 0.6 is 0 Å². The fourth-order valence-corrected chi connectivity index (χ4v) is 1.66. The van der Waals surface area contributed by atoms with E-state index in [2.05, 4.69) is 17.9 Å². The number of carbonyl (C=O) groups excluding carboxylic acids is 1. The van der Waals surface area contributed by atoms with E-state index in [1.165, 1.54) is 51.6 Å². The van der Waals surface area contributed by atoms with Gasteiger partial charge in [0.1, 0.15) is 0 Å². The second-order valence-electron chi connectivity index (χ2n) is 3.78. The first-order valence-corrected chi connectivity index (χ1v) is 6.16. The lowest BCUT2D eigenvalue weighted by molar-refractivity contribution is -0.142. The van der Waals surface area contributed by atoms with Gasteiger partial charge in [0.25, 0.3) is 0 Å². The fraction of sp³-hybridized carbons (Fsp3) is 0.643. The number of rotatable bonds is 4. The zero-order chi connectivity index (χ0) is 14.2. The van der Waals surface area contributed by atoms with E-state index in [0.29, 0.717) is 12.5 Å². The molecule has 0 aromatic heterocycles. The lowest BCUT2D eigenvalue weighted by Gasteiger charge is -2.20. The van der Waals surface area contributed by atoms with Crippen LogP contribution in [0.2, 0.25) is 0 Å². The van der Waals surface area contributed by atoms with Crippen LogP contribution in [0.25, 0.3) is 0 Å². The molecule has 0 aromatic carbocycles. The number of aliphatic hydroxyl groups excluding tert-OH is 1. The molecule has 0 aromatic rings. The summed E-state index contributed by atoms with van der Waals surface area (Å²) in [6.45, 7) is 8.64. The largest absolute Gasteiger partial charge is 0.474 e. The highest BCUT2D eigenvalue weighted by Gasteiger charge is 2.13. The van der Waals surface area contributed by atoms with Crippen LogP contribution in [0.4, 0.5) is 0 Å². The highest BCUT2D eigenvalue weighted by molar-refractivity contribution is 5.65. The zero-order valence-corrected chi connectivity index (χ0v) is 11.6. The van der Waals surface area contributed by atoms with E-state index in [0.717, 1.165) is 7.11 Å². The van der Waals surface area contributed by atoms with Crippen molar-refractivity contribution in [2.24, 2.45) is 5.92 Å². The van der Waals surface area contributed by atoms with Crippen molar-refractivity contribution in [1.29, 1.82) is 0 Å². The quantitative estimate of drug-likeness (QED) is 0.622. The summed E-state index contributed by atoms with van der Waals surface area (Å²) in [6.07, 6.45) is 9.09. The Balaban J connectivity index is 0. The first kappa shape index (κ1) is 19.1. The molecular formula is C14H26O4. The van der Waals surface area contributed by atoms with Crippen molar-refractivity contribution in [2.75, 3.05) is 13.7 Å². The van der Waals surface area contributed by atoms with Gasteiger partial charge < -0.3 is 14.6 Å². The van der Waals surface area contributed by atoms with E-state index >= 15 is 0 Å². The Kier molecular flexibility index (Phi) is 16.6. The predicted molar refractivity (Wildman–Crippen MR) is 72.8 cm³/mol. The molecule has 0 saturated heterocycles. The third-order valence-corrected chi connectivity index (χ3v) is 2.44. The van der Waals surface area contributed by atoms with Crippen molar-refractivity contribution in [1.82, 2.24) is 0 Å². The van der Waals surface area contributed by atoms with Crippen LogP contribution in [0.5, 0.6) is 0 Å². The highest BCUT2D eigenvalue weighted by Crippen LogP contribution is 2.23. The van der Waals surface area contributed by atoms with Crippen LogP contribution in [0.15, 0.2) is 25.7 Å². The van der Waals surface area contributed by atoms with Gasteiger partial charge in [-0.25, -0.2) is 0 Å². The highest BCUT2D eigenvalue weighted by atomic mass is 16.5. The van der Waals surface area contributed by atoms with E-state index in [9.17, 15) is 4.79 Å². The number of esters is 1. The molecule has 1 aliphatic rings. The minimum atomic E-state index is -0.143. The lowest BCUT2D eigenvalue weighted by atomic mass is 9.90. The Morgan fingerprint density at radius 1 is 1.22 bits per heavy atom. The minimum Gasteiger partial charge on any atom is -0.474 e. The van der Waals surface area contributed by atoms with Crippen LogP contribution in [0.1, 0.15) is 39.0 Å². The summed E-state index contributed by atoms with van der Waals surface area (Å²) < 4.78 is 9.30. The first-order valence-electron chi connectivity index (χ1n) is 6.16. The Bertz CT molecular complexity index is 202. The van der Waals surface area contributed by atoms with Crippen LogP contribution in [0.3, 0.4) is 0 Å². The molecule has 0 aliphatic heterocycles. The van der Waals surface area contributed by atoms with E-state index < -0.39 is 0 Å². The fourth-order valence-electron chi connectivity index (χ4n) is 1.66. The van der Waals surface area contributed by atoms with Crippen LogP contribution in [0, 0.1) is 5.92 Å². The molecule has 1 saturated carbocycles. The average Bonchev–Trinajstić information content (AvgIpc) is 2.41. The number of carbonyl (C=O) groups is 1. The van der Waals surface area contributed by atoms with Crippen molar-refractivity contribution in [2.45, 2.75) is 39.0 Å². The van der Waals surface area contributed by atoms with Gasteiger partial charge in [0.2, 0.25) is 0 Å². The number of ether oxygens (including phenoxy) is 2. The SMILES string of the molecule is C=COC=C.CC(=O)OCC1CCCCC1.CO. The van der Waals surface area contributed by atoms with Gasteiger partial charge in [0, 0.05) is 14.0 Å². The average molecular weight is 258 g/mol. The number of hydrogen-bond acceptors (Lipinski definition) is 4. The van der Waals surface area contributed by atoms with Crippen molar-refractivity contribution < 1.29 is 19.4 Å². The van der Waals surface area contributed by atoms with Crippen molar-refractivity contribution >= 4 is 5.97 Å². The third-order valence-electron chi connectivity index (χ3n) is 2.44. The van der Waals surface area contributed by atoms with Crippen LogP contribution < -0.4 is 0 Å². The molecule has 18 heavy (non-hydrogen) atoms. The zero-order valence-electron chi connectivity index (χ0n) is 11.6. The van der Waals surface area contributed by atoms with E-state index in [1.807, 2.05) is 0 Å². The lowest BCUT2D eigenvalue weighted by Crippen LogP contribution is -2.15. The summed E-state index contributed by atoms with van der Waals surface area (Å²) in [5.74, 6) is 0.503. The summed E-state index contributed by atoms with van der Waals surface area (Å²) in [5.41, 5.74) is 0. The molecule has 0 unspecified atom stereocenters. The standard InChI is InChI=1S/C9H16O2.C4H6O.CH4O/c1-8(10)11-7-9-5-3-2-4-6-9;1-3-5-4-2;1-2/h9H,2-7H2,1H3;3-4H,1-2H2;2H,1H3. The third kappa shape index (κ3) is 14.7. The molecule has 106 valence electrons. The molecule has 0 radical (unpaired) electrons. The number of hydrogen-bond donors (Lipinski definition) is 1. The van der Waals surface area contributed by atoms with E-state index in [1.54, 1.807) is 0 Å². The summed E-state index contributed by atoms with van der Waals surface area (Å²) in [4.78, 5) is 10.5. The Hall–Kier alpha value is -1.29. The van der Waals surface area contributed by atoms with Crippen LogP contribution in [-0.2, 0) is 14.3 Å². The Labute approximate surface area is 110 Å². The monoisotopic (exact) mass is 258 g/mol. The molecule has 1 rings (SSSR count). The van der Waals surface area contributed by atoms with Gasteiger partial charge in [0.15, 0.2) is 0 Å². The minimum absolute atomic E-state index is 0.143. The molecule has 0 spiro atoms. The molecule has 1 aliphatic carbocycles. The van der Waals surface area contributed by atoms with Gasteiger partial charge in [-0.15, -0.1) is 0 Å². The summed E-state index contributed by atoms with van der Waals surface area (Å²) >= 11 is 0. The Morgan fingerprint density at radius 2 is 1.72 bits per heavy atom. The molecular weight excluding hydrogens is 232 g/mol. The maximum atomic E-state index is 10.5. The van der Waals surface area contributed by atoms with Crippen LogP contribution in [-0.4, -0.2) is 24.8 Å². The normalized spacial score (nSPS) is 13.9. The summed E-state index contributed by atoms with van der Waals surface area (Å²) in [7, 11) is 1.00. The maximum Gasteiger partial charge on any atom is 0.302 e. The summed E-state index contributed by atoms with van der Waals surface area (Å²) in [5, 5.41) is 7.00.